The Balaban J connectivity index is 2.00. The molecule has 0 radical (unpaired) electrons. The third kappa shape index (κ3) is 3.62. The number of nitrogens with one attached hydrogen (secondary N) is 1. The van der Waals surface area contributed by atoms with Crippen LogP contribution in [0.4, 0.5) is 10.1 Å². The Morgan fingerprint density at radius 1 is 1.35 bits per heavy atom. The first kappa shape index (κ1) is 15.1. The van der Waals surface area contributed by atoms with Crippen molar-refractivity contribution in [2.45, 2.75) is 6.92 Å². The summed E-state index contributed by atoms with van der Waals surface area (Å²) in [4.78, 5) is 4.35. The highest BCUT2D eigenvalue weighted by atomic mass is 79.9. The number of anilines is 1. The topological polar surface area (TPSA) is 39.6 Å². The van der Waals surface area contributed by atoms with E-state index >= 15 is 0 Å². The fourth-order valence-corrected chi connectivity index (χ4v) is 2.73. The van der Waals surface area contributed by atoms with Gasteiger partial charge in [-0.3, -0.25) is 5.41 Å². The number of alkyl halides is 1. The van der Waals surface area contributed by atoms with Gasteiger partial charge in [-0.1, -0.05) is 0 Å². The average molecular weight is 344 g/mol. The summed E-state index contributed by atoms with van der Waals surface area (Å²) >= 11 is 3.46. The standard InChI is InChI=1S/C14H19BrFN3O/c1-11(17)18-5-7-19(8-6-18)12-2-3-14(13(15)10-12)20-9-4-16/h2-3,10,17H,4-9H2,1H3. The molecule has 0 atom stereocenters. The molecule has 0 aromatic heterocycles. The molecule has 1 N–H and O–H groups in total. The van der Waals surface area contributed by atoms with Gasteiger partial charge in [0.25, 0.3) is 0 Å². The van der Waals surface area contributed by atoms with Crippen molar-refractivity contribution in [3.8, 4) is 5.75 Å². The SMILES string of the molecule is CC(=N)N1CCN(c2ccc(OCCF)c(Br)c2)CC1. The minimum atomic E-state index is -0.487. The number of ether oxygens (including phenoxy) is 1. The van der Waals surface area contributed by atoms with E-state index in [1.807, 2.05) is 25.1 Å². The fourth-order valence-electron chi connectivity index (χ4n) is 2.25. The van der Waals surface area contributed by atoms with Crippen LogP contribution >= 0.6 is 15.9 Å². The van der Waals surface area contributed by atoms with Crippen molar-refractivity contribution in [3.63, 3.8) is 0 Å². The van der Waals surface area contributed by atoms with Gasteiger partial charge < -0.3 is 14.5 Å². The molecule has 1 aliphatic rings. The van der Waals surface area contributed by atoms with Gasteiger partial charge in [-0.15, -0.1) is 0 Å². The Labute approximate surface area is 127 Å². The van der Waals surface area contributed by atoms with Gasteiger partial charge in [0.15, 0.2) is 0 Å². The highest BCUT2D eigenvalue weighted by Crippen LogP contribution is 2.30. The fraction of sp³-hybridized carbons (Fsp3) is 0.500. The minimum Gasteiger partial charge on any atom is -0.490 e. The summed E-state index contributed by atoms with van der Waals surface area (Å²) in [7, 11) is 0. The van der Waals surface area contributed by atoms with E-state index < -0.39 is 6.67 Å². The molecule has 1 aromatic rings. The van der Waals surface area contributed by atoms with E-state index in [2.05, 4.69) is 25.7 Å². The van der Waals surface area contributed by atoms with Crippen molar-refractivity contribution in [2.75, 3.05) is 44.4 Å². The van der Waals surface area contributed by atoms with E-state index in [-0.39, 0.29) is 6.61 Å². The number of nitrogens with zero attached hydrogens (tertiary/aromatic N) is 2. The Hall–Kier alpha value is -1.30. The molecule has 0 saturated carbocycles. The normalized spacial score (nSPS) is 15.3. The number of piperazine rings is 1. The maximum absolute atomic E-state index is 12.1. The molecule has 1 heterocycles. The van der Waals surface area contributed by atoms with Crippen LogP contribution in [0.15, 0.2) is 22.7 Å². The van der Waals surface area contributed by atoms with E-state index in [4.69, 9.17) is 10.1 Å². The van der Waals surface area contributed by atoms with Gasteiger partial charge in [0.2, 0.25) is 0 Å². The molecule has 2 rings (SSSR count). The second-order valence-electron chi connectivity index (χ2n) is 4.71. The second kappa shape index (κ2) is 6.92. The number of hydrogen-bond acceptors (Lipinski definition) is 3. The Morgan fingerprint density at radius 3 is 2.60 bits per heavy atom. The van der Waals surface area contributed by atoms with Gasteiger partial charge >= 0.3 is 0 Å². The van der Waals surface area contributed by atoms with Crippen LogP contribution in [0, 0.1) is 5.41 Å². The van der Waals surface area contributed by atoms with Crippen molar-refractivity contribution in [2.24, 2.45) is 0 Å². The van der Waals surface area contributed by atoms with Crippen molar-refractivity contribution in [1.82, 2.24) is 4.90 Å². The first-order chi connectivity index (χ1) is 9.61. The number of benzene rings is 1. The average Bonchev–Trinajstić information content (AvgIpc) is 2.46. The van der Waals surface area contributed by atoms with Crippen LogP contribution in [-0.2, 0) is 0 Å². The van der Waals surface area contributed by atoms with E-state index in [1.165, 1.54) is 0 Å². The Morgan fingerprint density at radius 2 is 2.05 bits per heavy atom. The van der Waals surface area contributed by atoms with Gasteiger partial charge in [-0.05, 0) is 41.1 Å². The summed E-state index contributed by atoms with van der Waals surface area (Å²) in [6.07, 6.45) is 0. The zero-order valence-electron chi connectivity index (χ0n) is 11.5. The molecule has 20 heavy (non-hydrogen) atoms. The summed E-state index contributed by atoms with van der Waals surface area (Å²) in [5.74, 6) is 1.29. The van der Waals surface area contributed by atoms with Crippen LogP contribution < -0.4 is 9.64 Å². The number of amidine groups is 1. The summed E-state index contributed by atoms with van der Waals surface area (Å²) in [6.45, 7) is 4.94. The zero-order chi connectivity index (χ0) is 14.5. The molecule has 0 aliphatic carbocycles. The van der Waals surface area contributed by atoms with Crippen molar-refractivity contribution in [1.29, 1.82) is 5.41 Å². The lowest BCUT2D eigenvalue weighted by Gasteiger charge is -2.36. The predicted octanol–water partition coefficient (Wildman–Crippen LogP) is 2.92. The van der Waals surface area contributed by atoms with Crippen LogP contribution in [0.2, 0.25) is 0 Å². The van der Waals surface area contributed by atoms with E-state index in [1.54, 1.807) is 0 Å². The van der Waals surface area contributed by atoms with E-state index in [0.717, 1.165) is 36.3 Å². The Bertz CT molecular complexity index is 475. The molecule has 6 heteroatoms. The maximum atomic E-state index is 12.1. The van der Waals surface area contributed by atoms with Crippen LogP contribution in [0.3, 0.4) is 0 Å². The molecule has 110 valence electrons. The van der Waals surface area contributed by atoms with Crippen LogP contribution in [0.1, 0.15) is 6.92 Å². The number of hydrogen-bond donors (Lipinski definition) is 1. The maximum Gasteiger partial charge on any atom is 0.133 e. The molecule has 0 amide bonds. The highest BCUT2D eigenvalue weighted by molar-refractivity contribution is 9.10. The third-order valence-electron chi connectivity index (χ3n) is 3.37. The quantitative estimate of drug-likeness (QED) is 0.674. The molecule has 1 fully saturated rings. The van der Waals surface area contributed by atoms with E-state index in [0.29, 0.717) is 11.6 Å². The number of rotatable bonds is 4. The molecular formula is C14H19BrFN3O. The second-order valence-corrected chi connectivity index (χ2v) is 5.57. The van der Waals surface area contributed by atoms with Crippen LogP contribution in [0.5, 0.6) is 5.75 Å². The van der Waals surface area contributed by atoms with Crippen LogP contribution in [0.25, 0.3) is 0 Å². The summed E-state index contributed by atoms with van der Waals surface area (Å²) in [6, 6.07) is 5.86. The van der Waals surface area contributed by atoms with Gasteiger partial charge in [0.1, 0.15) is 19.0 Å². The Kier molecular flexibility index (Phi) is 5.23. The van der Waals surface area contributed by atoms with Gasteiger partial charge in [0, 0.05) is 31.9 Å². The summed E-state index contributed by atoms with van der Waals surface area (Å²) in [5.41, 5.74) is 1.12. The first-order valence-corrected chi connectivity index (χ1v) is 7.44. The number of halogens is 2. The van der Waals surface area contributed by atoms with Crippen molar-refractivity contribution >= 4 is 27.5 Å². The molecule has 0 unspecified atom stereocenters. The monoisotopic (exact) mass is 343 g/mol. The molecular weight excluding hydrogens is 325 g/mol. The first-order valence-electron chi connectivity index (χ1n) is 6.65. The molecule has 1 aliphatic heterocycles. The lowest BCUT2D eigenvalue weighted by Crippen LogP contribution is -2.47. The van der Waals surface area contributed by atoms with E-state index in [9.17, 15) is 4.39 Å². The van der Waals surface area contributed by atoms with Gasteiger partial charge in [-0.2, -0.15) is 0 Å². The van der Waals surface area contributed by atoms with Crippen molar-refractivity contribution in [3.05, 3.63) is 22.7 Å². The molecule has 0 spiro atoms. The van der Waals surface area contributed by atoms with Crippen molar-refractivity contribution < 1.29 is 9.13 Å². The third-order valence-corrected chi connectivity index (χ3v) is 3.99. The lowest BCUT2D eigenvalue weighted by molar-refractivity contribution is 0.272. The predicted molar refractivity (Wildman–Crippen MR) is 82.8 cm³/mol. The molecule has 0 bridgehead atoms. The zero-order valence-corrected chi connectivity index (χ0v) is 13.1. The van der Waals surface area contributed by atoms with Crippen LogP contribution in [-0.4, -0.2) is 50.2 Å². The molecule has 1 aromatic carbocycles. The lowest BCUT2D eigenvalue weighted by atomic mass is 10.2. The molecule has 4 nitrogen and oxygen atoms in total. The van der Waals surface area contributed by atoms with Gasteiger partial charge in [-0.25, -0.2) is 4.39 Å². The summed E-state index contributed by atoms with van der Waals surface area (Å²) in [5, 5.41) is 7.64. The van der Waals surface area contributed by atoms with Gasteiger partial charge in [0.05, 0.1) is 10.3 Å². The summed E-state index contributed by atoms with van der Waals surface area (Å²) < 4.78 is 18.3. The largest absolute Gasteiger partial charge is 0.490 e. The molecule has 1 saturated heterocycles. The highest BCUT2D eigenvalue weighted by Gasteiger charge is 2.18. The smallest absolute Gasteiger partial charge is 0.133 e. The minimum absolute atomic E-state index is 0.0786.